The molecule has 0 bridgehead atoms. The first-order valence-corrected chi connectivity index (χ1v) is 10.1. The van der Waals surface area contributed by atoms with Gasteiger partial charge in [0, 0.05) is 12.4 Å². The maximum Gasteiger partial charge on any atom is 0.433 e. The molecule has 0 aliphatic heterocycles. The van der Waals surface area contributed by atoms with E-state index in [1.165, 1.54) is 30.6 Å². The zero-order chi connectivity index (χ0) is 23.8. The minimum atomic E-state index is -4.86. The summed E-state index contributed by atoms with van der Waals surface area (Å²) in [4.78, 5) is 8.19. The van der Waals surface area contributed by atoms with E-state index in [1.54, 1.807) is 6.92 Å². The molecule has 3 aromatic heterocycles. The van der Waals surface area contributed by atoms with Crippen LogP contribution in [0.15, 0.2) is 47.4 Å². The molecule has 7 nitrogen and oxygen atoms in total. The molecule has 0 aliphatic carbocycles. The molecule has 1 N–H and O–H groups in total. The standard InChI is InChI=1S/C21H16ClF4N5O2/c1-2-11(10-32)31-19(21(24,25)26)12(9-29-31)18-16(20-27-7-4-8-28-20)17(30-33-18)15-13(22)5-3-6-14(15)23/h3-9,11,32H,2,10H2,1H3. The molecule has 0 radical (unpaired) electrons. The predicted octanol–water partition coefficient (Wildman–Crippen LogP) is 5.42. The summed E-state index contributed by atoms with van der Waals surface area (Å²) in [5.41, 5.74) is -2.01. The molecule has 4 rings (SSSR count). The van der Waals surface area contributed by atoms with Crippen molar-refractivity contribution in [3.8, 4) is 34.0 Å². The van der Waals surface area contributed by atoms with E-state index in [4.69, 9.17) is 16.1 Å². The van der Waals surface area contributed by atoms with Crippen LogP contribution < -0.4 is 0 Å². The summed E-state index contributed by atoms with van der Waals surface area (Å²) in [5, 5.41) is 17.2. The minimum absolute atomic E-state index is 0.0231. The highest BCUT2D eigenvalue weighted by molar-refractivity contribution is 6.33. The number of alkyl halides is 3. The largest absolute Gasteiger partial charge is 0.433 e. The van der Waals surface area contributed by atoms with Crippen LogP contribution in [0.3, 0.4) is 0 Å². The average Bonchev–Trinajstić information content (AvgIpc) is 3.40. The lowest BCUT2D eigenvalue weighted by Gasteiger charge is -2.18. The molecule has 0 fully saturated rings. The van der Waals surface area contributed by atoms with Gasteiger partial charge in [-0.1, -0.05) is 29.7 Å². The summed E-state index contributed by atoms with van der Waals surface area (Å²) < 4.78 is 63.1. The summed E-state index contributed by atoms with van der Waals surface area (Å²) in [6, 6.07) is 4.52. The number of benzene rings is 1. The van der Waals surface area contributed by atoms with E-state index in [9.17, 15) is 22.7 Å². The van der Waals surface area contributed by atoms with Crippen LogP contribution >= 0.6 is 11.6 Å². The van der Waals surface area contributed by atoms with Crippen molar-refractivity contribution < 1.29 is 27.2 Å². The average molecular weight is 482 g/mol. The minimum Gasteiger partial charge on any atom is -0.394 e. The van der Waals surface area contributed by atoms with Gasteiger partial charge in [-0.3, -0.25) is 4.68 Å². The molecule has 0 saturated heterocycles. The number of aliphatic hydroxyl groups is 1. The van der Waals surface area contributed by atoms with E-state index in [1.807, 2.05) is 0 Å². The topological polar surface area (TPSA) is 89.9 Å². The Bertz CT molecular complexity index is 1250. The van der Waals surface area contributed by atoms with Crippen LogP contribution in [0.1, 0.15) is 25.1 Å². The van der Waals surface area contributed by atoms with Gasteiger partial charge in [0.25, 0.3) is 0 Å². The lowest BCUT2D eigenvalue weighted by molar-refractivity contribution is -0.144. The van der Waals surface area contributed by atoms with Gasteiger partial charge in [-0.05, 0) is 24.6 Å². The lowest BCUT2D eigenvalue weighted by atomic mass is 10.0. The number of hydrogen-bond acceptors (Lipinski definition) is 6. The Morgan fingerprint density at radius 1 is 1.15 bits per heavy atom. The molecular weight excluding hydrogens is 466 g/mol. The molecule has 0 spiro atoms. The summed E-state index contributed by atoms with van der Waals surface area (Å²) in [6.07, 6.45) is -0.952. The van der Waals surface area contributed by atoms with Gasteiger partial charge in [0.05, 0.1) is 40.6 Å². The molecule has 172 valence electrons. The highest BCUT2D eigenvalue weighted by Gasteiger charge is 2.42. The summed E-state index contributed by atoms with van der Waals surface area (Å²) in [7, 11) is 0. The summed E-state index contributed by atoms with van der Waals surface area (Å²) in [5.74, 6) is -1.15. The second-order valence-corrected chi connectivity index (χ2v) is 7.41. The Labute approximate surface area is 189 Å². The fourth-order valence-corrected chi connectivity index (χ4v) is 3.72. The fraction of sp³-hybridized carbons (Fsp3) is 0.238. The van der Waals surface area contributed by atoms with Crippen LogP contribution in [-0.2, 0) is 6.18 Å². The number of aliphatic hydroxyl groups excluding tert-OH is 1. The van der Waals surface area contributed by atoms with E-state index in [0.29, 0.717) is 4.68 Å². The number of halogens is 5. The van der Waals surface area contributed by atoms with E-state index >= 15 is 0 Å². The van der Waals surface area contributed by atoms with Crippen molar-refractivity contribution in [3.63, 3.8) is 0 Å². The molecule has 33 heavy (non-hydrogen) atoms. The normalized spacial score (nSPS) is 12.8. The van der Waals surface area contributed by atoms with Gasteiger partial charge in [0.1, 0.15) is 11.5 Å². The Balaban J connectivity index is 2.04. The second-order valence-electron chi connectivity index (χ2n) is 7.00. The van der Waals surface area contributed by atoms with Crippen LogP contribution in [-0.4, -0.2) is 36.6 Å². The van der Waals surface area contributed by atoms with E-state index in [0.717, 1.165) is 12.3 Å². The van der Waals surface area contributed by atoms with Crippen molar-refractivity contribution in [2.24, 2.45) is 0 Å². The van der Waals surface area contributed by atoms with E-state index in [-0.39, 0.29) is 39.8 Å². The zero-order valence-corrected chi connectivity index (χ0v) is 17.8. The highest BCUT2D eigenvalue weighted by Crippen LogP contribution is 2.45. The third kappa shape index (κ3) is 4.09. The van der Waals surface area contributed by atoms with Crippen molar-refractivity contribution in [1.29, 1.82) is 0 Å². The molecule has 1 unspecified atom stereocenters. The van der Waals surface area contributed by atoms with Gasteiger partial charge >= 0.3 is 6.18 Å². The summed E-state index contributed by atoms with van der Waals surface area (Å²) in [6.45, 7) is 1.07. The van der Waals surface area contributed by atoms with Gasteiger partial charge in [-0.25, -0.2) is 14.4 Å². The Morgan fingerprint density at radius 2 is 1.88 bits per heavy atom. The van der Waals surface area contributed by atoms with E-state index < -0.39 is 35.9 Å². The van der Waals surface area contributed by atoms with Gasteiger partial charge in [-0.15, -0.1) is 0 Å². The SMILES string of the molecule is CCC(CO)n1ncc(-c2onc(-c3c(F)cccc3Cl)c2-c2ncccn2)c1C(F)(F)F. The monoisotopic (exact) mass is 481 g/mol. The molecule has 4 aromatic rings. The number of aromatic nitrogens is 5. The van der Waals surface area contributed by atoms with E-state index in [2.05, 4.69) is 20.2 Å². The van der Waals surface area contributed by atoms with Gasteiger partial charge in [0.2, 0.25) is 0 Å². The lowest BCUT2D eigenvalue weighted by Crippen LogP contribution is -2.22. The molecular formula is C21H16ClF4N5O2. The smallest absolute Gasteiger partial charge is 0.394 e. The molecule has 12 heteroatoms. The predicted molar refractivity (Wildman–Crippen MR) is 111 cm³/mol. The quantitative estimate of drug-likeness (QED) is 0.370. The highest BCUT2D eigenvalue weighted by atomic mass is 35.5. The number of hydrogen-bond donors (Lipinski definition) is 1. The number of nitrogens with zero attached hydrogens (tertiary/aromatic N) is 5. The van der Waals surface area contributed by atoms with Gasteiger partial charge in [-0.2, -0.15) is 18.3 Å². The maximum atomic E-state index is 14.7. The van der Waals surface area contributed by atoms with Crippen LogP contribution in [0.2, 0.25) is 5.02 Å². The first-order valence-electron chi connectivity index (χ1n) is 9.75. The third-order valence-corrected chi connectivity index (χ3v) is 5.33. The van der Waals surface area contributed by atoms with Crippen molar-refractivity contribution in [3.05, 3.63) is 59.4 Å². The number of rotatable bonds is 6. The molecule has 0 aliphatic rings. The molecule has 1 atom stereocenters. The van der Waals surface area contributed by atoms with Gasteiger partial charge in [0.15, 0.2) is 17.3 Å². The first kappa shape index (κ1) is 22.9. The van der Waals surface area contributed by atoms with Crippen LogP contribution in [0.4, 0.5) is 17.6 Å². The van der Waals surface area contributed by atoms with Crippen molar-refractivity contribution in [1.82, 2.24) is 24.9 Å². The maximum absolute atomic E-state index is 14.7. The third-order valence-electron chi connectivity index (χ3n) is 5.02. The molecule has 1 aromatic carbocycles. The first-order chi connectivity index (χ1) is 15.8. The van der Waals surface area contributed by atoms with Crippen molar-refractivity contribution in [2.75, 3.05) is 6.61 Å². The Kier molecular flexibility index (Phi) is 6.17. The molecule has 0 saturated carbocycles. The fourth-order valence-electron chi connectivity index (χ4n) is 3.47. The second kappa shape index (κ2) is 8.91. The Hall–Kier alpha value is -3.31. The molecule has 0 amide bonds. The van der Waals surface area contributed by atoms with Crippen molar-refractivity contribution in [2.45, 2.75) is 25.6 Å². The molecule has 3 heterocycles. The Morgan fingerprint density at radius 3 is 2.48 bits per heavy atom. The van der Waals surface area contributed by atoms with Gasteiger partial charge < -0.3 is 9.63 Å². The zero-order valence-electron chi connectivity index (χ0n) is 17.0. The van der Waals surface area contributed by atoms with Crippen LogP contribution in [0.5, 0.6) is 0 Å². The van der Waals surface area contributed by atoms with Crippen LogP contribution in [0.25, 0.3) is 34.0 Å². The summed E-state index contributed by atoms with van der Waals surface area (Å²) >= 11 is 6.18. The van der Waals surface area contributed by atoms with Crippen molar-refractivity contribution >= 4 is 11.6 Å². The van der Waals surface area contributed by atoms with Crippen LogP contribution in [0, 0.1) is 5.82 Å².